The predicted octanol–water partition coefficient (Wildman–Crippen LogP) is 1.58. The maximum atomic E-state index is 11.8. The zero-order chi connectivity index (χ0) is 13.1. The number of nitrogens with one attached hydrogen (secondary N) is 1. The fourth-order valence-corrected chi connectivity index (χ4v) is 2.13. The van der Waals surface area contributed by atoms with E-state index in [0.29, 0.717) is 0 Å². The van der Waals surface area contributed by atoms with Crippen LogP contribution in [0.3, 0.4) is 0 Å². The van der Waals surface area contributed by atoms with Crippen LogP contribution in [0.2, 0.25) is 0 Å². The lowest BCUT2D eigenvalue weighted by atomic mass is 9.93. The van der Waals surface area contributed by atoms with Crippen molar-refractivity contribution in [1.82, 2.24) is 5.32 Å². The van der Waals surface area contributed by atoms with E-state index in [2.05, 4.69) is 5.32 Å². The van der Waals surface area contributed by atoms with Gasteiger partial charge in [0.2, 0.25) is 5.91 Å². The molecular formula is C13H26N2O2. The second kappa shape index (κ2) is 5.83. The average Bonchev–Trinajstić information content (AvgIpc) is 2.14. The number of amides is 1. The van der Waals surface area contributed by atoms with Gasteiger partial charge in [-0.3, -0.25) is 4.79 Å². The summed E-state index contributed by atoms with van der Waals surface area (Å²) in [7, 11) is 0. The third-order valence-electron chi connectivity index (χ3n) is 2.93. The minimum atomic E-state index is -0.399. The molecule has 4 heteroatoms. The van der Waals surface area contributed by atoms with Crippen LogP contribution in [0, 0.1) is 0 Å². The molecule has 0 bridgehead atoms. The van der Waals surface area contributed by atoms with Crippen molar-refractivity contribution in [2.24, 2.45) is 5.73 Å². The van der Waals surface area contributed by atoms with Crippen molar-refractivity contribution in [3.63, 3.8) is 0 Å². The first-order valence-electron chi connectivity index (χ1n) is 6.51. The molecule has 3 atom stereocenters. The molecule has 1 rings (SSSR count). The quantitative estimate of drug-likeness (QED) is 0.789. The average molecular weight is 242 g/mol. The highest BCUT2D eigenvalue weighted by molar-refractivity contribution is 5.81. The van der Waals surface area contributed by atoms with Crippen LogP contribution in [0.15, 0.2) is 0 Å². The number of rotatable bonds is 3. The first-order valence-corrected chi connectivity index (χ1v) is 6.51. The fourth-order valence-electron chi connectivity index (χ4n) is 2.13. The van der Waals surface area contributed by atoms with Crippen molar-refractivity contribution in [1.29, 1.82) is 0 Å². The van der Waals surface area contributed by atoms with E-state index in [0.717, 1.165) is 25.7 Å². The van der Waals surface area contributed by atoms with Gasteiger partial charge in [-0.05, 0) is 53.4 Å². The van der Waals surface area contributed by atoms with Crippen LogP contribution in [0.1, 0.15) is 53.4 Å². The smallest absolute Gasteiger partial charge is 0.249 e. The molecule has 1 fully saturated rings. The molecule has 0 aromatic carbocycles. The Morgan fingerprint density at radius 3 is 2.59 bits per heavy atom. The molecule has 3 unspecified atom stereocenters. The van der Waals surface area contributed by atoms with Crippen LogP contribution < -0.4 is 11.1 Å². The lowest BCUT2D eigenvalue weighted by Gasteiger charge is -2.30. The van der Waals surface area contributed by atoms with Crippen LogP contribution in [-0.2, 0) is 9.53 Å². The summed E-state index contributed by atoms with van der Waals surface area (Å²) in [6, 6.07) is 0.228. The van der Waals surface area contributed by atoms with Crippen molar-refractivity contribution in [2.45, 2.75) is 77.2 Å². The molecule has 1 saturated carbocycles. The summed E-state index contributed by atoms with van der Waals surface area (Å²) >= 11 is 0. The van der Waals surface area contributed by atoms with E-state index in [-0.39, 0.29) is 23.6 Å². The van der Waals surface area contributed by atoms with E-state index in [1.165, 1.54) is 0 Å². The highest BCUT2D eigenvalue weighted by atomic mass is 16.5. The van der Waals surface area contributed by atoms with E-state index in [1.807, 2.05) is 20.8 Å². The van der Waals surface area contributed by atoms with Crippen molar-refractivity contribution in [3.05, 3.63) is 0 Å². The van der Waals surface area contributed by atoms with Gasteiger partial charge in [0.15, 0.2) is 0 Å². The number of ether oxygens (including phenoxy) is 1. The van der Waals surface area contributed by atoms with E-state index >= 15 is 0 Å². The molecule has 0 aliphatic heterocycles. The normalized spacial score (nSPS) is 27.6. The van der Waals surface area contributed by atoms with Crippen molar-refractivity contribution >= 4 is 5.91 Å². The van der Waals surface area contributed by atoms with Gasteiger partial charge in [-0.25, -0.2) is 0 Å². The fraction of sp³-hybridized carbons (Fsp3) is 0.923. The topological polar surface area (TPSA) is 64.3 Å². The van der Waals surface area contributed by atoms with Crippen molar-refractivity contribution in [2.75, 3.05) is 0 Å². The van der Waals surface area contributed by atoms with Gasteiger partial charge in [0, 0.05) is 11.6 Å². The number of carbonyl (C=O) groups excluding carboxylic acids is 1. The van der Waals surface area contributed by atoms with Crippen LogP contribution in [0.5, 0.6) is 0 Å². The van der Waals surface area contributed by atoms with Gasteiger partial charge in [-0.15, -0.1) is 0 Å². The molecule has 3 N–H and O–H groups in total. The Balaban J connectivity index is 2.37. The Morgan fingerprint density at radius 1 is 1.41 bits per heavy atom. The zero-order valence-electron chi connectivity index (χ0n) is 11.5. The molecule has 100 valence electrons. The number of nitrogens with two attached hydrogens (primary N) is 1. The third-order valence-corrected chi connectivity index (χ3v) is 2.93. The van der Waals surface area contributed by atoms with Gasteiger partial charge >= 0.3 is 0 Å². The Bertz CT molecular complexity index is 261. The second-order valence-corrected chi connectivity index (χ2v) is 6.07. The molecule has 0 aromatic rings. The third kappa shape index (κ3) is 5.50. The Kier molecular flexibility index (Phi) is 4.95. The summed E-state index contributed by atoms with van der Waals surface area (Å²) in [6.07, 6.45) is 3.79. The maximum absolute atomic E-state index is 11.8. The largest absolute Gasteiger partial charge is 0.365 e. The van der Waals surface area contributed by atoms with Crippen LogP contribution in [-0.4, -0.2) is 29.7 Å². The van der Waals surface area contributed by atoms with Crippen LogP contribution in [0.4, 0.5) is 0 Å². The summed E-state index contributed by atoms with van der Waals surface area (Å²) in [5.74, 6) is -0.0448. The molecule has 1 amide bonds. The molecule has 0 heterocycles. The minimum Gasteiger partial charge on any atom is -0.365 e. The van der Waals surface area contributed by atoms with Gasteiger partial charge in [0.1, 0.15) is 6.10 Å². The lowest BCUT2D eigenvalue weighted by Crippen LogP contribution is -2.47. The Hall–Kier alpha value is -0.610. The van der Waals surface area contributed by atoms with Crippen molar-refractivity contribution in [3.8, 4) is 0 Å². The molecule has 17 heavy (non-hydrogen) atoms. The van der Waals surface area contributed by atoms with Crippen LogP contribution >= 0.6 is 0 Å². The number of hydrogen-bond donors (Lipinski definition) is 2. The van der Waals surface area contributed by atoms with Gasteiger partial charge < -0.3 is 15.8 Å². The number of hydrogen-bond acceptors (Lipinski definition) is 3. The molecule has 4 nitrogen and oxygen atoms in total. The van der Waals surface area contributed by atoms with Gasteiger partial charge in [0.05, 0.1) is 6.10 Å². The second-order valence-electron chi connectivity index (χ2n) is 6.07. The highest BCUT2D eigenvalue weighted by Gasteiger charge is 2.25. The van der Waals surface area contributed by atoms with Gasteiger partial charge in [0.25, 0.3) is 0 Å². The number of carbonyl (C=O) groups is 1. The molecular weight excluding hydrogens is 216 g/mol. The summed E-state index contributed by atoms with van der Waals surface area (Å²) in [5, 5.41) is 2.92. The minimum absolute atomic E-state index is 0.0448. The molecule has 0 radical (unpaired) electrons. The van der Waals surface area contributed by atoms with Gasteiger partial charge in [-0.1, -0.05) is 0 Å². The molecule has 1 aliphatic rings. The predicted molar refractivity (Wildman–Crippen MR) is 68.7 cm³/mol. The maximum Gasteiger partial charge on any atom is 0.249 e. The summed E-state index contributed by atoms with van der Waals surface area (Å²) < 4.78 is 5.78. The Morgan fingerprint density at radius 2 is 2.06 bits per heavy atom. The van der Waals surface area contributed by atoms with E-state index < -0.39 is 6.10 Å². The molecule has 0 saturated heterocycles. The van der Waals surface area contributed by atoms with Crippen LogP contribution in [0.25, 0.3) is 0 Å². The Labute approximate surface area is 104 Å². The molecule has 0 aromatic heterocycles. The zero-order valence-corrected chi connectivity index (χ0v) is 11.5. The summed E-state index contributed by atoms with van der Waals surface area (Å²) in [4.78, 5) is 11.8. The summed E-state index contributed by atoms with van der Waals surface area (Å²) in [6.45, 7) is 7.71. The van der Waals surface area contributed by atoms with Crippen molar-refractivity contribution < 1.29 is 9.53 Å². The van der Waals surface area contributed by atoms with Gasteiger partial charge in [-0.2, -0.15) is 0 Å². The molecule has 0 spiro atoms. The SMILES string of the molecule is CC(OC1CCCC(N)C1)C(=O)NC(C)(C)C. The first kappa shape index (κ1) is 14.5. The molecule has 1 aliphatic carbocycles. The monoisotopic (exact) mass is 242 g/mol. The lowest BCUT2D eigenvalue weighted by molar-refractivity contribution is -0.138. The standard InChI is InChI=1S/C13H26N2O2/c1-9(12(16)15-13(2,3)4)17-11-7-5-6-10(14)8-11/h9-11H,5-8,14H2,1-4H3,(H,15,16). The summed E-state index contributed by atoms with van der Waals surface area (Å²) in [5.41, 5.74) is 5.69. The van der Waals surface area contributed by atoms with E-state index in [4.69, 9.17) is 10.5 Å². The first-order chi connectivity index (χ1) is 7.78. The van der Waals surface area contributed by atoms with E-state index in [9.17, 15) is 4.79 Å². The van der Waals surface area contributed by atoms with E-state index in [1.54, 1.807) is 6.92 Å². The highest BCUT2D eigenvalue weighted by Crippen LogP contribution is 2.21.